The Kier molecular flexibility index (Phi) is 4.86. The number of benzene rings is 6. The molecule has 0 aliphatic heterocycles. The van der Waals surface area contributed by atoms with Gasteiger partial charge >= 0.3 is 0 Å². The van der Waals surface area contributed by atoms with Crippen LogP contribution in [0.1, 0.15) is 22.3 Å². The minimum atomic E-state index is -0.466. The Morgan fingerprint density at radius 1 is 0.400 bits per heavy atom. The molecule has 190 valence electrons. The lowest BCUT2D eigenvalue weighted by molar-refractivity contribution is 0.628. The molecule has 6 aromatic rings. The van der Waals surface area contributed by atoms with Crippen LogP contribution >= 0.6 is 0 Å². The number of hydrogen-bond acceptors (Lipinski definition) is 1. The van der Waals surface area contributed by atoms with Gasteiger partial charge < -0.3 is 4.90 Å². The highest BCUT2D eigenvalue weighted by Crippen LogP contribution is 2.64. The van der Waals surface area contributed by atoms with Gasteiger partial charge in [-0.05, 0) is 93.5 Å². The fourth-order valence-corrected chi connectivity index (χ4v) is 6.92. The van der Waals surface area contributed by atoms with Gasteiger partial charge in [-0.15, -0.1) is 0 Å². The Bertz CT molecular complexity index is 1830. The topological polar surface area (TPSA) is 3.24 Å². The predicted molar refractivity (Wildman–Crippen MR) is 157 cm³/mol. The zero-order valence-electron chi connectivity index (χ0n) is 21.5. The van der Waals surface area contributed by atoms with E-state index in [0.717, 1.165) is 28.2 Å². The molecule has 2 aliphatic carbocycles. The van der Waals surface area contributed by atoms with Crippen LogP contribution in [0.3, 0.4) is 0 Å². The maximum Gasteiger partial charge on any atom is 0.123 e. The van der Waals surface area contributed by atoms with Crippen molar-refractivity contribution in [1.29, 1.82) is 0 Å². The molecule has 0 N–H and O–H groups in total. The molecular formula is C37H23F2N. The van der Waals surface area contributed by atoms with Crippen molar-refractivity contribution >= 4 is 17.1 Å². The summed E-state index contributed by atoms with van der Waals surface area (Å²) in [6.45, 7) is 0. The summed E-state index contributed by atoms with van der Waals surface area (Å²) in [4.78, 5) is 2.10. The van der Waals surface area contributed by atoms with Gasteiger partial charge in [-0.25, -0.2) is 8.78 Å². The summed E-state index contributed by atoms with van der Waals surface area (Å²) < 4.78 is 28.1. The number of anilines is 3. The number of halogens is 2. The maximum atomic E-state index is 14.0. The van der Waals surface area contributed by atoms with Crippen LogP contribution in [0.2, 0.25) is 0 Å². The maximum absolute atomic E-state index is 14.0. The van der Waals surface area contributed by atoms with Crippen LogP contribution in [0.15, 0.2) is 140 Å². The van der Waals surface area contributed by atoms with Gasteiger partial charge in [0.15, 0.2) is 0 Å². The highest BCUT2D eigenvalue weighted by molar-refractivity contribution is 6.00. The Morgan fingerprint density at radius 2 is 0.825 bits per heavy atom. The average Bonchev–Trinajstić information content (AvgIpc) is 3.47. The van der Waals surface area contributed by atoms with E-state index in [9.17, 15) is 8.78 Å². The molecule has 0 radical (unpaired) electrons. The number of fused-ring (bicyclic) bond motifs is 10. The largest absolute Gasteiger partial charge is 0.310 e. The van der Waals surface area contributed by atoms with Crippen LogP contribution in [0.5, 0.6) is 0 Å². The normalized spacial score (nSPS) is 13.4. The van der Waals surface area contributed by atoms with Crippen molar-refractivity contribution < 1.29 is 8.78 Å². The summed E-state index contributed by atoms with van der Waals surface area (Å²) >= 11 is 0. The first-order chi connectivity index (χ1) is 19.7. The fourth-order valence-electron chi connectivity index (χ4n) is 6.92. The standard InChI is InChI=1S/C37H23F2N/c38-24-16-20-26(21-17-24)40(27-22-18-25(39)19-23-27)35-15-7-14-34-36(35)30-10-3-6-13-33(30)37(34)31-11-4-1-8-28(31)29-9-2-5-12-32(29)37/h1-23H. The summed E-state index contributed by atoms with van der Waals surface area (Å²) in [7, 11) is 0. The Balaban J connectivity index is 1.48. The number of rotatable bonds is 3. The Labute approximate surface area is 231 Å². The van der Waals surface area contributed by atoms with E-state index in [0.29, 0.717) is 0 Å². The molecule has 0 atom stereocenters. The van der Waals surface area contributed by atoms with Gasteiger partial charge in [0.05, 0.1) is 11.1 Å². The van der Waals surface area contributed by atoms with E-state index in [2.05, 4.69) is 95.9 Å². The predicted octanol–water partition coefficient (Wildman–Crippen LogP) is 9.78. The fraction of sp³-hybridized carbons (Fsp3) is 0.0270. The van der Waals surface area contributed by atoms with E-state index >= 15 is 0 Å². The zero-order chi connectivity index (χ0) is 26.8. The molecule has 40 heavy (non-hydrogen) atoms. The smallest absolute Gasteiger partial charge is 0.123 e. The highest BCUT2D eigenvalue weighted by atomic mass is 19.1. The van der Waals surface area contributed by atoms with E-state index in [1.54, 1.807) is 24.3 Å². The van der Waals surface area contributed by atoms with Crippen molar-refractivity contribution in [2.45, 2.75) is 5.41 Å². The minimum Gasteiger partial charge on any atom is -0.310 e. The third kappa shape index (κ3) is 3.00. The van der Waals surface area contributed by atoms with Crippen molar-refractivity contribution in [3.05, 3.63) is 173 Å². The molecular weight excluding hydrogens is 496 g/mol. The second-order valence-corrected chi connectivity index (χ2v) is 10.4. The van der Waals surface area contributed by atoms with Gasteiger partial charge in [-0.3, -0.25) is 0 Å². The molecule has 0 saturated carbocycles. The van der Waals surface area contributed by atoms with Crippen molar-refractivity contribution in [3.8, 4) is 22.3 Å². The molecule has 8 rings (SSSR count). The van der Waals surface area contributed by atoms with Gasteiger partial charge in [0.2, 0.25) is 0 Å². The Morgan fingerprint density at radius 3 is 1.35 bits per heavy atom. The molecule has 1 nitrogen and oxygen atoms in total. The molecule has 0 saturated heterocycles. The van der Waals surface area contributed by atoms with E-state index in [-0.39, 0.29) is 11.6 Å². The SMILES string of the molecule is Fc1ccc(N(c2ccc(F)cc2)c2cccc3c2-c2ccccc2C32c3ccccc3-c3ccccc32)cc1. The van der Waals surface area contributed by atoms with Gasteiger partial charge in [0, 0.05) is 16.9 Å². The lowest BCUT2D eigenvalue weighted by Gasteiger charge is -2.31. The van der Waals surface area contributed by atoms with Gasteiger partial charge in [0.1, 0.15) is 11.6 Å². The van der Waals surface area contributed by atoms with Crippen molar-refractivity contribution in [1.82, 2.24) is 0 Å². The molecule has 2 aliphatic rings. The van der Waals surface area contributed by atoms with E-state index in [1.807, 2.05) is 0 Å². The molecule has 0 fully saturated rings. The first-order valence-electron chi connectivity index (χ1n) is 13.4. The molecule has 6 aromatic carbocycles. The van der Waals surface area contributed by atoms with E-state index < -0.39 is 5.41 Å². The molecule has 0 unspecified atom stereocenters. The monoisotopic (exact) mass is 519 g/mol. The number of nitrogens with zero attached hydrogens (tertiary/aromatic N) is 1. The third-order valence-corrected chi connectivity index (χ3v) is 8.41. The molecule has 0 heterocycles. The Hall–Kier alpha value is -5.02. The molecule has 0 aromatic heterocycles. The van der Waals surface area contributed by atoms with Crippen LogP contribution < -0.4 is 4.90 Å². The lowest BCUT2D eigenvalue weighted by Crippen LogP contribution is -2.26. The van der Waals surface area contributed by atoms with Crippen LogP contribution in [-0.4, -0.2) is 0 Å². The molecule has 3 heteroatoms. The van der Waals surface area contributed by atoms with Gasteiger partial charge in [-0.1, -0.05) is 84.9 Å². The molecule has 0 bridgehead atoms. The second kappa shape index (κ2) is 8.49. The second-order valence-electron chi connectivity index (χ2n) is 10.4. The third-order valence-electron chi connectivity index (χ3n) is 8.41. The molecule has 0 amide bonds. The average molecular weight is 520 g/mol. The van der Waals surface area contributed by atoms with Crippen LogP contribution in [-0.2, 0) is 5.41 Å². The van der Waals surface area contributed by atoms with Crippen molar-refractivity contribution in [2.75, 3.05) is 4.90 Å². The van der Waals surface area contributed by atoms with Gasteiger partial charge in [0.25, 0.3) is 0 Å². The van der Waals surface area contributed by atoms with Crippen molar-refractivity contribution in [3.63, 3.8) is 0 Å². The lowest BCUT2D eigenvalue weighted by atomic mass is 9.70. The first kappa shape index (κ1) is 22.9. The molecule has 1 spiro atoms. The van der Waals surface area contributed by atoms with Crippen molar-refractivity contribution in [2.24, 2.45) is 0 Å². The first-order valence-corrected chi connectivity index (χ1v) is 13.4. The summed E-state index contributed by atoms with van der Waals surface area (Å²) in [6.07, 6.45) is 0. The summed E-state index contributed by atoms with van der Waals surface area (Å²) in [6, 6.07) is 45.5. The minimum absolute atomic E-state index is 0.301. The van der Waals surface area contributed by atoms with Gasteiger partial charge in [-0.2, -0.15) is 0 Å². The van der Waals surface area contributed by atoms with E-state index in [1.165, 1.54) is 57.6 Å². The van der Waals surface area contributed by atoms with Crippen LogP contribution in [0, 0.1) is 11.6 Å². The zero-order valence-corrected chi connectivity index (χ0v) is 21.5. The van der Waals surface area contributed by atoms with Crippen LogP contribution in [0.4, 0.5) is 25.8 Å². The summed E-state index contributed by atoms with van der Waals surface area (Å²) in [5, 5.41) is 0. The number of hydrogen-bond donors (Lipinski definition) is 0. The quantitative estimate of drug-likeness (QED) is 0.225. The van der Waals surface area contributed by atoms with Crippen LogP contribution in [0.25, 0.3) is 22.3 Å². The highest BCUT2D eigenvalue weighted by Gasteiger charge is 2.52. The summed E-state index contributed by atoms with van der Waals surface area (Å²) in [5.74, 6) is -0.603. The van der Waals surface area contributed by atoms with E-state index in [4.69, 9.17) is 0 Å². The summed E-state index contributed by atoms with van der Waals surface area (Å²) in [5.41, 5.74) is 11.9.